The van der Waals surface area contributed by atoms with E-state index < -0.39 is 10.0 Å². The molecule has 5 nitrogen and oxygen atoms in total. The average molecular weight is 358 g/mol. The summed E-state index contributed by atoms with van der Waals surface area (Å²) < 4.78 is 25.5. The number of carbonyl (C=O) groups is 1. The number of carbonyl (C=O) groups excluding carboxylic acids is 1. The molecular formula is C19H22N2O3S. The molecule has 0 aliphatic heterocycles. The molecule has 0 bridgehead atoms. The van der Waals surface area contributed by atoms with Crippen LogP contribution in [0.3, 0.4) is 0 Å². The van der Waals surface area contributed by atoms with E-state index in [1.807, 2.05) is 42.2 Å². The van der Waals surface area contributed by atoms with Crippen LogP contribution in [0, 0.1) is 6.92 Å². The second-order valence-electron chi connectivity index (χ2n) is 6.55. The van der Waals surface area contributed by atoms with Gasteiger partial charge in [0, 0.05) is 18.2 Å². The Morgan fingerprint density at radius 2 is 1.84 bits per heavy atom. The molecular weight excluding hydrogens is 336 g/mol. The summed E-state index contributed by atoms with van der Waals surface area (Å²) in [6.45, 7) is 2.37. The summed E-state index contributed by atoms with van der Waals surface area (Å²) in [5.41, 5.74) is 2.82. The molecule has 0 radical (unpaired) electrons. The highest BCUT2D eigenvalue weighted by atomic mass is 32.2. The quantitative estimate of drug-likeness (QED) is 0.862. The van der Waals surface area contributed by atoms with E-state index in [9.17, 15) is 13.2 Å². The first kappa shape index (κ1) is 17.5. The van der Waals surface area contributed by atoms with Crippen LogP contribution in [0.4, 0.5) is 5.69 Å². The number of benzene rings is 2. The van der Waals surface area contributed by atoms with Crippen LogP contribution in [-0.4, -0.2) is 31.5 Å². The first-order chi connectivity index (χ1) is 11.8. The lowest BCUT2D eigenvalue weighted by molar-refractivity contribution is 0.0730. The number of amides is 1. The van der Waals surface area contributed by atoms with Crippen molar-refractivity contribution < 1.29 is 13.2 Å². The molecule has 0 spiro atoms. The summed E-state index contributed by atoms with van der Waals surface area (Å²) in [5.74, 6) is -0.0668. The molecule has 132 valence electrons. The van der Waals surface area contributed by atoms with Gasteiger partial charge in [-0.25, -0.2) is 8.42 Å². The number of hydrogen-bond acceptors (Lipinski definition) is 3. The number of nitrogens with zero attached hydrogens (tertiary/aromatic N) is 1. The Labute approximate surface area is 148 Å². The minimum Gasteiger partial charge on any atom is -0.331 e. The standard InChI is InChI=1S/C19H22N2O3S/c1-14-8-9-16(12-18(14)20-25(2,23)24)19(22)21(17-10-11-17)13-15-6-4-3-5-7-15/h3-9,12,17,20H,10-11,13H2,1-2H3. The Hall–Kier alpha value is -2.34. The number of hydrogen-bond donors (Lipinski definition) is 1. The van der Waals surface area contributed by atoms with Gasteiger partial charge in [-0.05, 0) is 43.0 Å². The van der Waals surface area contributed by atoms with E-state index in [2.05, 4.69) is 4.72 Å². The van der Waals surface area contributed by atoms with Gasteiger partial charge in [0.2, 0.25) is 10.0 Å². The molecule has 1 fully saturated rings. The third-order valence-electron chi connectivity index (χ3n) is 4.22. The van der Waals surface area contributed by atoms with E-state index in [-0.39, 0.29) is 11.9 Å². The second-order valence-corrected chi connectivity index (χ2v) is 8.30. The van der Waals surface area contributed by atoms with Crippen LogP contribution < -0.4 is 4.72 Å². The molecule has 0 unspecified atom stereocenters. The van der Waals surface area contributed by atoms with Gasteiger partial charge in [0.1, 0.15) is 0 Å². The van der Waals surface area contributed by atoms with Gasteiger partial charge in [0.05, 0.1) is 11.9 Å². The lowest BCUT2D eigenvalue weighted by Gasteiger charge is -2.23. The normalized spacial score (nSPS) is 14.2. The molecule has 3 rings (SSSR count). The monoisotopic (exact) mass is 358 g/mol. The van der Waals surface area contributed by atoms with Crippen molar-refractivity contribution in [1.82, 2.24) is 4.90 Å². The Morgan fingerprint density at radius 1 is 1.16 bits per heavy atom. The fourth-order valence-corrected chi connectivity index (χ4v) is 3.38. The molecule has 1 aliphatic carbocycles. The Kier molecular flexibility index (Phi) is 4.81. The van der Waals surface area contributed by atoms with Crippen molar-refractivity contribution in [2.75, 3.05) is 11.0 Å². The maximum Gasteiger partial charge on any atom is 0.254 e. The summed E-state index contributed by atoms with van der Waals surface area (Å²) >= 11 is 0. The molecule has 1 amide bonds. The first-order valence-corrected chi connectivity index (χ1v) is 10.2. The van der Waals surface area contributed by atoms with E-state index in [4.69, 9.17) is 0 Å². The maximum atomic E-state index is 13.0. The molecule has 1 saturated carbocycles. The minimum absolute atomic E-state index is 0.0668. The van der Waals surface area contributed by atoms with Crippen LogP contribution in [0.15, 0.2) is 48.5 Å². The van der Waals surface area contributed by atoms with E-state index in [0.29, 0.717) is 17.8 Å². The molecule has 2 aromatic rings. The smallest absolute Gasteiger partial charge is 0.254 e. The van der Waals surface area contributed by atoms with Crippen molar-refractivity contribution in [3.8, 4) is 0 Å². The average Bonchev–Trinajstić information content (AvgIpc) is 3.38. The van der Waals surface area contributed by atoms with Gasteiger partial charge in [-0.15, -0.1) is 0 Å². The van der Waals surface area contributed by atoms with Gasteiger partial charge in [-0.2, -0.15) is 0 Å². The fraction of sp³-hybridized carbons (Fsp3) is 0.316. The van der Waals surface area contributed by atoms with E-state index in [0.717, 1.165) is 30.2 Å². The van der Waals surface area contributed by atoms with Crippen LogP contribution in [0.5, 0.6) is 0 Å². The molecule has 1 aliphatic rings. The summed E-state index contributed by atoms with van der Waals surface area (Å²) in [5, 5.41) is 0. The highest BCUT2D eigenvalue weighted by Crippen LogP contribution is 2.30. The summed E-state index contributed by atoms with van der Waals surface area (Å²) in [6.07, 6.45) is 3.13. The molecule has 25 heavy (non-hydrogen) atoms. The van der Waals surface area contributed by atoms with Gasteiger partial charge in [0.15, 0.2) is 0 Å². The third-order valence-corrected chi connectivity index (χ3v) is 4.81. The minimum atomic E-state index is -3.39. The van der Waals surface area contributed by atoms with Gasteiger partial charge < -0.3 is 4.90 Å². The summed E-state index contributed by atoms with van der Waals surface area (Å²) in [7, 11) is -3.39. The zero-order valence-electron chi connectivity index (χ0n) is 14.4. The highest BCUT2D eigenvalue weighted by molar-refractivity contribution is 7.92. The van der Waals surface area contributed by atoms with Crippen molar-refractivity contribution in [2.45, 2.75) is 32.4 Å². The van der Waals surface area contributed by atoms with Crippen LogP contribution in [-0.2, 0) is 16.6 Å². The van der Waals surface area contributed by atoms with Gasteiger partial charge in [-0.3, -0.25) is 9.52 Å². The highest BCUT2D eigenvalue weighted by Gasteiger charge is 2.33. The maximum absolute atomic E-state index is 13.0. The third kappa shape index (κ3) is 4.60. The molecule has 0 heterocycles. The van der Waals surface area contributed by atoms with Crippen LogP contribution >= 0.6 is 0 Å². The lowest BCUT2D eigenvalue weighted by Crippen LogP contribution is -2.32. The molecule has 2 aromatic carbocycles. The van der Waals surface area contributed by atoms with Crippen molar-refractivity contribution in [1.29, 1.82) is 0 Å². The van der Waals surface area contributed by atoms with E-state index in [1.165, 1.54) is 0 Å². The Morgan fingerprint density at radius 3 is 2.44 bits per heavy atom. The van der Waals surface area contributed by atoms with Crippen LogP contribution in [0.2, 0.25) is 0 Å². The van der Waals surface area contributed by atoms with Crippen molar-refractivity contribution in [2.24, 2.45) is 0 Å². The van der Waals surface area contributed by atoms with Crippen molar-refractivity contribution in [3.63, 3.8) is 0 Å². The number of anilines is 1. The first-order valence-electron chi connectivity index (χ1n) is 8.27. The van der Waals surface area contributed by atoms with E-state index >= 15 is 0 Å². The molecule has 6 heteroatoms. The number of nitrogens with one attached hydrogen (secondary N) is 1. The molecule has 0 atom stereocenters. The SMILES string of the molecule is Cc1ccc(C(=O)N(Cc2ccccc2)C2CC2)cc1NS(C)(=O)=O. The lowest BCUT2D eigenvalue weighted by atomic mass is 10.1. The predicted molar refractivity (Wildman–Crippen MR) is 99.0 cm³/mol. The number of sulfonamides is 1. The summed E-state index contributed by atoms with van der Waals surface area (Å²) in [4.78, 5) is 14.9. The van der Waals surface area contributed by atoms with E-state index in [1.54, 1.807) is 18.2 Å². The molecule has 0 saturated heterocycles. The fourth-order valence-electron chi connectivity index (χ4n) is 2.76. The van der Waals surface area contributed by atoms with Crippen LogP contribution in [0.25, 0.3) is 0 Å². The number of rotatable bonds is 6. The molecule has 1 N–H and O–H groups in total. The second kappa shape index (κ2) is 6.88. The van der Waals surface area contributed by atoms with Crippen molar-refractivity contribution >= 4 is 21.6 Å². The topological polar surface area (TPSA) is 66.5 Å². The van der Waals surface area contributed by atoms with Crippen molar-refractivity contribution in [3.05, 3.63) is 65.2 Å². The Balaban J connectivity index is 1.86. The largest absolute Gasteiger partial charge is 0.331 e. The molecule has 0 aromatic heterocycles. The zero-order chi connectivity index (χ0) is 18.0. The zero-order valence-corrected chi connectivity index (χ0v) is 15.2. The Bertz CT molecular complexity index is 875. The van der Waals surface area contributed by atoms with Gasteiger partial charge in [-0.1, -0.05) is 36.4 Å². The predicted octanol–water partition coefficient (Wildman–Crippen LogP) is 3.17. The van der Waals surface area contributed by atoms with Gasteiger partial charge in [0.25, 0.3) is 5.91 Å². The van der Waals surface area contributed by atoms with Crippen LogP contribution in [0.1, 0.15) is 34.3 Å². The van der Waals surface area contributed by atoms with Gasteiger partial charge >= 0.3 is 0 Å². The number of aryl methyl sites for hydroxylation is 1. The summed E-state index contributed by atoms with van der Waals surface area (Å²) in [6, 6.07) is 15.3.